The molecule has 2 N–H and O–H groups in total. The molecule has 0 saturated carbocycles. The lowest BCUT2D eigenvalue weighted by atomic mass is 9.98. The number of benzene rings is 2. The number of hydrogen-bond donors (Lipinski definition) is 2. The molecule has 0 aliphatic rings. The standard InChI is InChI=1S/C21H24N2O4/c1-13(2)18-11-15(8-9-20(18)27-4)19(25)12-22-21(26)16-6-5-7-17(10-16)23-14(3)24/h5-11,13H,12H2,1-4H3,(H,22,26)(H,23,24). The monoisotopic (exact) mass is 368 g/mol. The second-order valence-electron chi connectivity index (χ2n) is 6.48. The van der Waals surface area contributed by atoms with Crippen molar-refractivity contribution in [1.82, 2.24) is 5.32 Å². The van der Waals surface area contributed by atoms with Crippen LogP contribution in [0.1, 0.15) is 53.0 Å². The Morgan fingerprint density at radius 3 is 2.41 bits per heavy atom. The van der Waals surface area contributed by atoms with Crippen molar-refractivity contribution < 1.29 is 19.1 Å². The number of ketones is 1. The molecular weight excluding hydrogens is 344 g/mol. The van der Waals surface area contributed by atoms with Crippen LogP contribution in [0, 0.1) is 0 Å². The molecule has 6 heteroatoms. The van der Waals surface area contributed by atoms with E-state index in [4.69, 9.17) is 4.74 Å². The lowest BCUT2D eigenvalue weighted by Crippen LogP contribution is -2.29. The van der Waals surface area contributed by atoms with E-state index in [2.05, 4.69) is 10.6 Å². The zero-order chi connectivity index (χ0) is 20.0. The summed E-state index contributed by atoms with van der Waals surface area (Å²) in [6, 6.07) is 11.8. The quantitative estimate of drug-likeness (QED) is 0.734. The first kappa shape index (κ1) is 20.2. The van der Waals surface area contributed by atoms with Crippen LogP contribution in [0.4, 0.5) is 5.69 Å². The fourth-order valence-electron chi connectivity index (χ4n) is 2.67. The van der Waals surface area contributed by atoms with Gasteiger partial charge in [-0.15, -0.1) is 0 Å². The van der Waals surface area contributed by atoms with Crippen molar-refractivity contribution in [3.63, 3.8) is 0 Å². The first-order chi connectivity index (χ1) is 12.8. The minimum atomic E-state index is -0.381. The van der Waals surface area contributed by atoms with Gasteiger partial charge in [0, 0.05) is 23.7 Å². The molecule has 27 heavy (non-hydrogen) atoms. The van der Waals surface area contributed by atoms with Gasteiger partial charge in [-0.1, -0.05) is 19.9 Å². The van der Waals surface area contributed by atoms with Gasteiger partial charge in [0.1, 0.15) is 5.75 Å². The minimum absolute atomic E-state index is 0.118. The van der Waals surface area contributed by atoms with E-state index in [1.165, 1.54) is 6.92 Å². The van der Waals surface area contributed by atoms with E-state index in [1.807, 2.05) is 13.8 Å². The first-order valence-electron chi connectivity index (χ1n) is 8.68. The molecule has 2 rings (SSSR count). The van der Waals surface area contributed by atoms with E-state index in [-0.39, 0.29) is 30.1 Å². The molecule has 0 fully saturated rings. The number of methoxy groups -OCH3 is 1. The van der Waals surface area contributed by atoms with E-state index in [1.54, 1.807) is 49.6 Å². The van der Waals surface area contributed by atoms with E-state index < -0.39 is 0 Å². The van der Waals surface area contributed by atoms with Crippen molar-refractivity contribution in [2.75, 3.05) is 19.0 Å². The molecule has 0 spiro atoms. The molecule has 2 amide bonds. The van der Waals surface area contributed by atoms with Crippen LogP contribution < -0.4 is 15.4 Å². The maximum absolute atomic E-state index is 12.5. The normalized spacial score (nSPS) is 10.4. The molecule has 2 aromatic rings. The molecule has 0 aliphatic heterocycles. The van der Waals surface area contributed by atoms with Crippen molar-refractivity contribution in [3.05, 3.63) is 59.2 Å². The molecule has 0 atom stereocenters. The van der Waals surface area contributed by atoms with Crippen LogP contribution in [0.5, 0.6) is 5.75 Å². The van der Waals surface area contributed by atoms with Crippen LogP contribution in [-0.4, -0.2) is 31.3 Å². The summed E-state index contributed by atoms with van der Waals surface area (Å²) in [6.45, 7) is 5.32. The molecule has 142 valence electrons. The Morgan fingerprint density at radius 1 is 1.04 bits per heavy atom. The van der Waals surface area contributed by atoms with Gasteiger partial charge in [0.15, 0.2) is 5.78 Å². The van der Waals surface area contributed by atoms with Crippen molar-refractivity contribution in [2.24, 2.45) is 0 Å². The Bertz CT molecular complexity index is 859. The van der Waals surface area contributed by atoms with Crippen LogP contribution >= 0.6 is 0 Å². The van der Waals surface area contributed by atoms with Crippen LogP contribution in [0.3, 0.4) is 0 Å². The van der Waals surface area contributed by atoms with Gasteiger partial charge in [-0.2, -0.15) is 0 Å². The summed E-state index contributed by atoms with van der Waals surface area (Å²) in [5.41, 5.74) is 2.36. The lowest BCUT2D eigenvalue weighted by molar-refractivity contribution is -0.114. The summed E-state index contributed by atoms with van der Waals surface area (Å²) in [7, 11) is 1.60. The first-order valence-corrected chi connectivity index (χ1v) is 8.68. The summed E-state index contributed by atoms with van der Waals surface area (Å²) >= 11 is 0. The predicted octanol–water partition coefficient (Wildman–Crippen LogP) is 3.39. The summed E-state index contributed by atoms with van der Waals surface area (Å²) in [4.78, 5) is 35.9. The maximum atomic E-state index is 12.5. The summed E-state index contributed by atoms with van der Waals surface area (Å²) in [5, 5.41) is 5.24. The molecule has 0 aromatic heterocycles. The topological polar surface area (TPSA) is 84.5 Å². The Kier molecular flexibility index (Phi) is 6.71. The Labute approximate surface area is 158 Å². The van der Waals surface area contributed by atoms with Crippen molar-refractivity contribution in [3.8, 4) is 5.75 Å². The average molecular weight is 368 g/mol. The Balaban J connectivity index is 2.06. The van der Waals surface area contributed by atoms with Crippen LogP contribution in [0.2, 0.25) is 0 Å². The predicted molar refractivity (Wildman–Crippen MR) is 104 cm³/mol. The van der Waals surface area contributed by atoms with Crippen molar-refractivity contribution >= 4 is 23.3 Å². The third-order valence-corrected chi connectivity index (χ3v) is 4.03. The second kappa shape index (κ2) is 8.98. The number of amides is 2. The number of Topliss-reactive ketones (excluding diaryl/α,β-unsaturated/α-hetero) is 1. The highest BCUT2D eigenvalue weighted by Crippen LogP contribution is 2.27. The lowest BCUT2D eigenvalue weighted by Gasteiger charge is -2.13. The fourth-order valence-corrected chi connectivity index (χ4v) is 2.67. The fraction of sp³-hybridized carbons (Fsp3) is 0.286. The Morgan fingerprint density at radius 2 is 1.78 bits per heavy atom. The largest absolute Gasteiger partial charge is 0.496 e. The number of carbonyl (C=O) groups is 3. The maximum Gasteiger partial charge on any atom is 0.251 e. The SMILES string of the molecule is COc1ccc(C(=O)CNC(=O)c2cccc(NC(C)=O)c2)cc1C(C)C. The third kappa shape index (κ3) is 5.41. The third-order valence-electron chi connectivity index (χ3n) is 4.03. The zero-order valence-corrected chi connectivity index (χ0v) is 16.0. The summed E-state index contributed by atoms with van der Waals surface area (Å²) in [6.07, 6.45) is 0. The van der Waals surface area contributed by atoms with Crippen molar-refractivity contribution in [1.29, 1.82) is 0 Å². The van der Waals surface area contributed by atoms with E-state index >= 15 is 0 Å². The second-order valence-corrected chi connectivity index (χ2v) is 6.48. The summed E-state index contributed by atoms with van der Waals surface area (Å²) < 4.78 is 5.33. The van der Waals surface area contributed by atoms with Crippen LogP contribution in [0.25, 0.3) is 0 Å². The molecule has 2 aromatic carbocycles. The number of rotatable bonds is 7. The van der Waals surface area contributed by atoms with Gasteiger partial charge in [-0.3, -0.25) is 14.4 Å². The van der Waals surface area contributed by atoms with Gasteiger partial charge in [0.2, 0.25) is 5.91 Å². The number of ether oxygens (including phenoxy) is 1. The number of anilines is 1. The van der Waals surface area contributed by atoms with Gasteiger partial charge in [0.25, 0.3) is 5.91 Å². The highest BCUT2D eigenvalue weighted by atomic mass is 16.5. The van der Waals surface area contributed by atoms with Gasteiger partial charge in [-0.25, -0.2) is 0 Å². The number of carbonyl (C=O) groups excluding carboxylic acids is 3. The van der Waals surface area contributed by atoms with Gasteiger partial charge in [0.05, 0.1) is 13.7 Å². The van der Waals surface area contributed by atoms with Crippen LogP contribution in [0.15, 0.2) is 42.5 Å². The van der Waals surface area contributed by atoms with E-state index in [0.717, 1.165) is 11.3 Å². The molecular formula is C21H24N2O4. The highest BCUT2D eigenvalue weighted by molar-refractivity contribution is 6.03. The zero-order valence-electron chi connectivity index (χ0n) is 16.0. The molecule has 0 bridgehead atoms. The molecule has 0 saturated heterocycles. The average Bonchev–Trinajstić information content (AvgIpc) is 2.64. The molecule has 0 radical (unpaired) electrons. The number of hydrogen-bond acceptors (Lipinski definition) is 4. The molecule has 0 aliphatic carbocycles. The van der Waals surface area contributed by atoms with Gasteiger partial charge in [-0.05, 0) is 47.9 Å². The van der Waals surface area contributed by atoms with Crippen molar-refractivity contribution in [2.45, 2.75) is 26.7 Å². The summed E-state index contributed by atoms with van der Waals surface area (Å²) in [5.74, 6) is 0.154. The highest BCUT2D eigenvalue weighted by Gasteiger charge is 2.14. The van der Waals surface area contributed by atoms with Crippen LogP contribution in [-0.2, 0) is 4.79 Å². The molecule has 0 heterocycles. The van der Waals surface area contributed by atoms with E-state index in [9.17, 15) is 14.4 Å². The number of nitrogens with one attached hydrogen (secondary N) is 2. The molecule has 0 unspecified atom stereocenters. The minimum Gasteiger partial charge on any atom is -0.496 e. The van der Waals surface area contributed by atoms with Gasteiger partial charge >= 0.3 is 0 Å². The molecule has 6 nitrogen and oxygen atoms in total. The van der Waals surface area contributed by atoms with E-state index in [0.29, 0.717) is 16.8 Å². The Hall–Kier alpha value is -3.15. The smallest absolute Gasteiger partial charge is 0.251 e. The van der Waals surface area contributed by atoms with Gasteiger partial charge < -0.3 is 15.4 Å².